The van der Waals surface area contributed by atoms with Crippen molar-refractivity contribution in [3.05, 3.63) is 0 Å². The third-order valence-electron chi connectivity index (χ3n) is 4.59. The Balaban J connectivity index is 2.17. The van der Waals surface area contributed by atoms with Gasteiger partial charge in [-0.3, -0.25) is 14.5 Å². The second-order valence-corrected chi connectivity index (χ2v) is 6.86. The third kappa shape index (κ3) is 3.04. The SMILES string of the molecule is CC(C)(CN1C(=O)NC2(CCCCCCC2)C1=O)C(=O)O. The first kappa shape index (κ1) is 15.8. The number of nitrogens with one attached hydrogen (secondary N) is 1. The Bertz CT molecular complexity index is 451. The van der Waals surface area contributed by atoms with Crippen LogP contribution in [-0.4, -0.2) is 40.0 Å². The lowest BCUT2D eigenvalue weighted by atomic mass is 9.83. The molecule has 2 rings (SSSR count). The van der Waals surface area contributed by atoms with Crippen LogP contribution in [0.4, 0.5) is 4.79 Å². The summed E-state index contributed by atoms with van der Waals surface area (Å²) in [4.78, 5) is 37.2. The number of hydrogen-bond donors (Lipinski definition) is 2. The van der Waals surface area contributed by atoms with E-state index in [1.165, 1.54) is 20.3 Å². The molecule has 1 spiro atoms. The number of carbonyl (C=O) groups excluding carboxylic acids is 2. The van der Waals surface area contributed by atoms with Gasteiger partial charge in [0.05, 0.1) is 5.41 Å². The van der Waals surface area contributed by atoms with E-state index in [1.54, 1.807) is 0 Å². The van der Waals surface area contributed by atoms with Gasteiger partial charge >= 0.3 is 12.0 Å². The third-order valence-corrected chi connectivity index (χ3v) is 4.59. The smallest absolute Gasteiger partial charge is 0.325 e. The molecule has 6 nitrogen and oxygen atoms in total. The Morgan fingerprint density at radius 3 is 2.24 bits per heavy atom. The second kappa shape index (κ2) is 5.66. The maximum atomic E-state index is 12.7. The van der Waals surface area contributed by atoms with Crippen molar-refractivity contribution in [2.24, 2.45) is 5.41 Å². The Morgan fingerprint density at radius 2 is 1.71 bits per heavy atom. The van der Waals surface area contributed by atoms with Crippen LogP contribution < -0.4 is 5.32 Å². The molecule has 0 unspecified atom stereocenters. The molecule has 3 amide bonds. The highest BCUT2D eigenvalue weighted by molar-refractivity contribution is 6.07. The van der Waals surface area contributed by atoms with Crippen LogP contribution in [0.25, 0.3) is 0 Å². The summed E-state index contributed by atoms with van der Waals surface area (Å²) in [6, 6.07) is -0.449. The summed E-state index contributed by atoms with van der Waals surface area (Å²) in [5.41, 5.74) is -1.94. The number of rotatable bonds is 3. The molecule has 6 heteroatoms. The normalized spacial score (nSPS) is 22.9. The summed E-state index contributed by atoms with van der Waals surface area (Å²) < 4.78 is 0. The molecule has 2 N–H and O–H groups in total. The molecule has 21 heavy (non-hydrogen) atoms. The van der Waals surface area contributed by atoms with Crippen LogP contribution in [-0.2, 0) is 9.59 Å². The molecule has 0 aromatic rings. The minimum atomic E-state index is -1.14. The van der Waals surface area contributed by atoms with E-state index in [9.17, 15) is 19.5 Å². The highest BCUT2D eigenvalue weighted by atomic mass is 16.4. The fourth-order valence-electron chi connectivity index (χ4n) is 3.13. The number of imide groups is 1. The molecule has 0 aromatic carbocycles. The molecule has 1 saturated carbocycles. The van der Waals surface area contributed by atoms with Crippen molar-refractivity contribution >= 4 is 17.9 Å². The van der Waals surface area contributed by atoms with Gasteiger partial charge in [0.2, 0.25) is 0 Å². The van der Waals surface area contributed by atoms with Crippen molar-refractivity contribution in [2.45, 2.75) is 64.3 Å². The van der Waals surface area contributed by atoms with Crippen molar-refractivity contribution in [3.8, 4) is 0 Å². The van der Waals surface area contributed by atoms with Gasteiger partial charge in [-0.1, -0.05) is 32.1 Å². The van der Waals surface area contributed by atoms with E-state index in [0.717, 1.165) is 30.6 Å². The molecule has 0 bridgehead atoms. The summed E-state index contributed by atoms with van der Waals surface area (Å²) in [6.07, 6.45) is 6.47. The zero-order valence-electron chi connectivity index (χ0n) is 12.8. The molecule has 0 atom stereocenters. The van der Waals surface area contributed by atoms with Gasteiger partial charge in [-0.25, -0.2) is 4.79 Å². The van der Waals surface area contributed by atoms with E-state index in [-0.39, 0.29) is 12.5 Å². The van der Waals surface area contributed by atoms with Gasteiger partial charge in [0, 0.05) is 6.54 Å². The maximum Gasteiger partial charge on any atom is 0.325 e. The van der Waals surface area contributed by atoms with Crippen molar-refractivity contribution in [2.75, 3.05) is 6.54 Å². The van der Waals surface area contributed by atoms with Gasteiger partial charge in [-0.2, -0.15) is 0 Å². The van der Waals surface area contributed by atoms with Gasteiger partial charge in [0.15, 0.2) is 0 Å². The van der Waals surface area contributed by atoms with E-state index in [2.05, 4.69) is 5.32 Å². The fraction of sp³-hybridized carbons (Fsp3) is 0.800. The first-order valence-electron chi connectivity index (χ1n) is 7.66. The predicted octanol–water partition coefficient (Wildman–Crippen LogP) is 2.13. The Hall–Kier alpha value is -1.59. The molecule has 0 radical (unpaired) electrons. The van der Waals surface area contributed by atoms with Crippen LogP contribution in [0.1, 0.15) is 58.8 Å². The standard InChI is InChI=1S/C15H24N2O4/c1-14(2,12(19)20)10-17-11(18)15(16-13(17)21)8-6-4-3-5-7-9-15/h3-10H2,1-2H3,(H,16,21)(H,19,20). The average molecular weight is 296 g/mol. The quantitative estimate of drug-likeness (QED) is 0.781. The van der Waals surface area contributed by atoms with Gasteiger partial charge < -0.3 is 10.4 Å². The van der Waals surface area contributed by atoms with Crippen molar-refractivity contribution in [1.29, 1.82) is 0 Å². The molecular weight excluding hydrogens is 272 g/mol. The highest BCUT2D eigenvalue weighted by Gasteiger charge is 2.52. The Morgan fingerprint density at radius 1 is 1.19 bits per heavy atom. The van der Waals surface area contributed by atoms with Gasteiger partial charge in [-0.05, 0) is 26.7 Å². The lowest BCUT2D eigenvalue weighted by Crippen LogP contribution is -2.48. The molecule has 1 aliphatic heterocycles. The summed E-state index contributed by atoms with van der Waals surface area (Å²) in [5.74, 6) is -1.26. The Kier molecular flexibility index (Phi) is 4.25. The lowest BCUT2D eigenvalue weighted by molar-refractivity contribution is -0.148. The molecule has 118 valence electrons. The molecule has 1 saturated heterocycles. The largest absolute Gasteiger partial charge is 0.481 e. The first-order chi connectivity index (χ1) is 9.78. The maximum absolute atomic E-state index is 12.7. The van der Waals surface area contributed by atoms with Crippen molar-refractivity contribution < 1.29 is 19.5 Å². The number of urea groups is 1. The van der Waals surface area contributed by atoms with E-state index in [4.69, 9.17) is 0 Å². The number of hydrogen-bond acceptors (Lipinski definition) is 3. The van der Waals surface area contributed by atoms with Gasteiger partial charge in [0.25, 0.3) is 5.91 Å². The summed E-state index contributed by atoms with van der Waals surface area (Å²) in [5, 5.41) is 12.0. The zero-order valence-corrected chi connectivity index (χ0v) is 12.8. The minimum absolute atomic E-state index is 0.0885. The first-order valence-corrected chi connectivity index (χ1v) is 7.66. The van der Waals surface area contributed by atoms with Crippen LogP contribution in [0.3, 0.4) is 0 Å². The lowest BCUT2D eigenvalue weighted by Gasteiger charge is -2.29. The number of amides is 3. The predicted molar refractivity (Wildman–Crippen MR) is 76.7 cm³/mol. The summed E-state index contributed by atoms with van der Waals surface area (Å²) in [6.45, 7) is 2.97. The topological polar surface area (TPSA) is 86.7 Å². The zero-order chi connectivity index (χ0) is 15.7. The number of carbonyl (C=O) groups is 3. The van der Waals surface area contributed by atoms with E-state index < -0.39 is 23.0 Å². The molecule has 1 aliphatic carbocycles. The van der Waals surface area contributed by atoms with Crippen LogP contribution in [0.15, 0.2) is 0 Å². The summed E-state index contributed by atoms with van der Waals surface area (Å²) >= 11 is 0. The van der Waals surface area contributed by atoms with Crippen molar-refractivity contribution in [3.63, 3.8) is 0 Å². The number of carboxylic acid groups (broad SMARTS) is 1. The van der Waals surface area contributed by atoms with E-state index in [0.29, 0.717) is 12.8 Å². The molecular formula is C15H24N2O4. The van der Waals surface area contributed by atoms with Crippen LogP contribution >= 0.6 is 0 Å². The molecule has 2 aliphatic rings. The number of nitrogens with zero attached hydrogens (tertiary/aromatic N) is 1. The van der Waals surface area contributed by atoms with Crippen LogP contribution in [0.2, 0.25) is 0 Å². The van der Waals surface area contributed by atoms with Gasteiger partial charge in [0.1, 0.15) is 5.54 Å². The fourth-order valence-corrected chi connectivity index (χ4v) is 3.13. The summed E-state index contributed by atoms with van der Waals surface area (Å²) in [7, 11) is 0. The van der Waals surface area contributed by atoms with E-state index >= 15 is 0 Å². The minimum Gasteiger partial charge on any atom is -0.481 e. The highest BCUT2D eigenvalue weighted by Crippen LogP contribution is 2.33. The number of carboxylic acids is 1. The molecule has 1 heterocycles. The Labute approximate surface area is 124 Å². The average Bonchev–Trinajstić information content (AvgIpc) is 2.59. The number of aliphatic carboxylic acids is 1. The molecule has 0 aromatic heterocycles. The second-order valence-electron chi connectivity index (χ2n) is 6.86. The van der Waals surface area contributed by atoms with Crippen LogP contribution in [0, 0.1) is 5.41 Å². The molecule has 2 fully saturated rings. The van der Waals surface area contributed by atoms with E-state index in [1.807, 2.05) is 0 Å². The van der Waals surface area contributed by atoms with Crippen molar-refractivity contribution in [1.82, 2.24) is 10.2 Å². The monoisotopic (exact) mass is 296 g/mol. The van der Waals surface area contributed by atoms with Gasteiger partial charge in [-0.15, -0.1) is 0 Å². The van der Waals surface area contributed by atoms with Crippen LogP contribution in [0.5, 0.6) is 0 Å².